The van der Waals surface area contributed by atoms with E-state index < -0.39 is 19.7 Å². The van der Waals surface area contributed by atoms with Crippen molar-refractivity contribution in [3.63, 3.8) is 0 Å². The van der Waals surface area contributed by atoms with Crippen molar-refractivity contribution >= 4 is 89.8 Å². The second-order valence-electron chi connectivity index (χ2n) is 11.1. The Bertz CT molecular complexity index is 2250. The molecule has 4 N–H and O–H groups in total. The number of hydrogen-bond donors (Lipinski definition) is 4. The first-order valence-electron chi connectivity index (χ1n) is 15.7. The van der Waals surface area contributed by atoms with Gasteiger partial charge in [-0.1, -0.05) is 82.3 Å². The van der Waals surface area contributed by atoms with Gasteiger partial charge in [0, 0.05) is 34.1 Å². The highest BCUT2D eigenvalue weighted by Crippen LogP contribution is 2.50. The highest BCUT2D eigenvalue weighted by Gasteiger charge is 2.22. The Hall–Kier alpha value is -7.18. The van der Waals surface area contributed by atoms with E-state index in [1.54, 1.807) is 60.7 Å². The zero-order valence-corrected chi connectivity index (χ0v) is 29.2. The third-order valence-corrected chi connectivity index (χ3v) is 10.2. The number of para-hydroxylation sites is 10. The lowest BCUT2D eigenvalue weighted by molar-refractivity contribution is -0.384. The summed E-state index contributed by atoms with van der Waals surface area (Å²) in [6.07, 6.45) is 0. The van der Waals surface area contributed by atoms with Crippen LogP contribution in [0.25, 0.3) is 0 Å². The smallest absolute Gasteiger partial charge is 0.292 e. The second-order valence-corrected chi connectivity index (χ2v) is 13.3. The van der Waals surface area contributed by atoms with Crippen molar-refractivity contribution in [1.82, 2.24) is 0 Å². The molecule has 16 nitrogen and oxygen atoms in total. The van der Waals surface area contributed by atoms with Crippen molar-refractivity contribution in [3.05, 3.63) is 174 Å². The molecular weight excluding hydrogens is 737 g/mol. The lowest BCUT2D eigenvalue weighted by atomic mass is 10.2. The maximum Gasteiger partial charge on any atom is 0.292 e. The largest absolute Gasteiger partial charge is 0.348 e. The van der Waals surface area contributed by atoms with Gasteiger partial charge in [-0.3, -0.25) is 40.5 Å². The van der Waals surface area contributed by atoms with E-state index in [0.717, 1.165) is 0 Å². The summed E-state index contributed by atoms with van der Waals surface area (Å²) >= 11 is 0. The molecule has 0 aliphatic rings. The van der Waals surface area contributed by atoms with Gasteiger partial charge in [0.05, 0.1) is 42.4 Å². The van der Waals surface area contributed by atoms with Crippen LogP contribution < -0.4 is 21.3 Å². The molecule has 0 amide bonds. The third-order valence-electron chi connectivity index (χ3n) is 7.73. The molecule has 0 fully saturated rings. The van der Waals surface area contributed by atoms with Gasteiger partial charge in [0.25, 0.3) is 22.7 Å². The summed E-state index contributed by atoms with van der Waals surface area (Å²) in [7, 11) is 2.46. The molecule has 0 aliphatic carbocycles. The van der Waals surface area contributed by atoms with Crippen LogP contribution in [0, 0.1) is 40.5 Å². The van der Waals surface area contributed by atoms with Gasteiger partial charge < -0.3 is 21.3 Å². The first kappa shape index (κ1) is 36.6. The van der Waals surface area contributed by atoms with E-state index in [0.29, 0.717) is 32.5 Å². The van der Waals surface area contributed by atoms with Gasteiger partial charge in [-0.25, -0.2) is 0 Å². The number of hydrogen-bond acceptors (Lipinski definition) is 14. The number of benzene rings is 6. The number of nitro groups is 4. The molecule has 0 bridgehead atoms. The molecule has 0 radical (unpaired) electrons. The summed E-state index contributed by atoms with van der Waals surface area (Å²) in [5.41, 5.74) is 1.41. The minimum Gasteiger partial charge on any atom is -0.348 e. The maximum absolute atomic E-state index is 12.0. The van der Waals surface area contributed by atoms with Crippen molar-refractivity contribution in [2.45, 2.75) is 9.79 Å². The van der Waals surface area contributed by atoms with E-state index >= 15 is 0 Å². The molecule has 0 unspecified atom stereocenters. The number of nitro benzene ring substituents is 4. The number of nitrogens with zero attached hydrogens (tertiary/aromatic N) is 4. The molecule has 0 aromatic heterocycles. The fourth-order valence-corrected chi connectivity index (χ4v) is 7.58. The first-order valence-corrected chi connectivity index (χ1v) is 17.9. The fraction of sp³-hybridized carbons (Fsp3) is 0. The van der Waals surface area contributed by atoms with Crippen LogP contribution in [0.15, 0.2) is 143 Å². The summed E-state index contributed by atoms with van der Waals surface area (Å²) in [5.74, 6) is 0. The van der Waals surface area contributed by atoms with Crippen LogP contribution in [-0.4, -0.2) is 19.7 Å². The molecule has 0 saturated carbocycles. The Balaban J connectivity index is 1.43. The SMILES string of the molecule is O=[N+]([O-])c1ccccc1Nc1cccc(SSc2cccc(Nc3ccccc3[N+](=O)[O-])c2Nc2ccccc2[N+](=O)[O-])c1Nc1ccccc1[N+](=O)[O-]. The van der Waals surface area contributed by atoms with E-state index in [1.807, 2.05) is 0 Å². The number of rotatable bonds is 15. The van der Waals surface area contributed by atoms with E-state index in [9.17, 15) is 40.5 Å². The Morgan fingerprint density at radius 3 is 0.889 bits per heavy atom. The molecule has 0 atom stereocenters. The van der Waals surface area contributed by atoms with E-state index in [2.05, 4.69) is 21.3 Å². The van der Waals surface area contributed by atoms with Gasteiger partial charge in [-0.05, 0) is 48.5 Å². The quantitative estimate of drug-likeness (QED) is 0.0434. The Kier molecular flexibility index (Phi) is 11.1. The summed E-state index contributed by atoms with van der Waals surface area (Å²) in [6.45, 7) is 0. The van der Waals surface area contributed by atoms with Gasteiger partial charge in [0.2, 0.25) is 0 Å². The molecule has 6 rings (SSSR count). The third kappa shape index (κ3) is 8.30. The lowest BCUT2D eigenvalue weighted by Crippen LogP contribution is -2.03. The lowest BCUT2D eigenvalue weighted by Gasteiger charge is -2.19. The first-order chi connectivity index (χ1) is 26.1. The molecule has 270 valence electrons. The monoisotopic (exact) mass is 762 g/mol. The van der Waals surface area contributed by atoms with Gasteiger partial charge in [0.15, 0.2) is 0 Å². The minimum atomic E-state index is -0.529. The average molecular weight is 763 g/mol. The second kappa shape index (κ2) is 16.4. The predicted molar refractivity (Wildman–Crippen MR) is 210 cm³/mol. The Morgan fingerprint density at radius 1 is 0.333 bits per heavy atom. The van der Waals surface area contributed by atoms with E-state index in [-0.39, 0.29) is 45.5 Å². The normalized spacial score (nSPS) is 10.6. The molecule has 54 heavy (non-hydrogen) atoms. The van der Waals surface area contributed by atoms with Gasteiger partial charge in [0.1, 0.15) is 22.7 Å². The summed E-state index contributed by atoms with van der Waals surface area (Å²) < 4.78 is 0. The molecule has 6 aromatic carbocycles. The van der Waals surface area contributed by atoms with Crippen LogP contribution in [0.2, 0.25) is 0 Å². The predicted octanol–water partition coefficient (Wildman–Crippen LogP) is 11.1. The Labute approximate surface area is 313 Å². The highest BCUT2D eigenvalue weighted by molar-refractivity contribution is 8.76. The highest BCUT2D eigenvalue weighted by atomic mass is 33.1. The van der Waals surface area contributed by atoms with Crippen LogP contribution in [0.1, 0.15) is 0 Å². The average Bonchev–Trinajstić information content (AvgIpc) is 3.16. The van der Waals surface area contributed by atoms with Crippen LogP contribution in [0.5, 0.6) is 0 Å². The summed E-state index contributed by atoms with van der Waals surface area (Å²) in [6, 6.07) is 34.5. The summed E-state index contributed by atoms with van der Waals surface area (Å²) in [5, 5.41) is 60.1. The zero-order valence-electron chi connectivity index (χ0n) is 27.6. The van der Waals surface area contributed by atoms with Gasteiger partial charge >= 0.3 is 0 Å². The molecule has 0 aliphatic heterocycles. The maximum atomic E-state index is 12.0. The van der Waals surface area contributed by atoms with Gasteiger partial charge in [-0.2, -0.15) is 0 Å². The zero-order chi connectivity index (χ0) is 38.2. The van der Waals surface area contributed by atoms with Crippen LogP contribution >= 0.6 is 21.6 Å². The van der Waals surface area contributed by atoms with Crippen molar-refractivity contribution in [3.8, 4) is 0 Å². The molecular formula is C36H26N8O8S2. The van der Waals surface area contributed by atoms with E-state index in [4.69, 9.17) is 0 Å². The van der Waals surface area contributed by atoms with Crippen LogP contribution in [0.4, 0.5) is 68.2 Å². The minimum absolute atomic E-state index is 0.167. The topological polar surface area (TPSA) is 221 Å². The molecule has 18 heteroatoms. The number of anilines is 8. The molecule has 0 saturated heterocycles. The van der Waals surface area contributed by atoms with Crippen molar-refractivity contribution in [2.75, 3.05) is 21.3 Å². The van der Waals surface area contributed by atoms with Crippen molar-refractivity contribution in [2.24, 2.45) is 0 Å². The van der Waals surface area contributed by atoms with Crippen LogP contribution in [-0.2, 0) is 0 Å². The van der Waals surface area contributed by atoms with Crippen molar-refractivity contribution < 1.29 is 19.7 Å². The van der Waals surface area contributed by atoms with E-state index in [1.165, 1.54) is 94.4 Å². The standard InChI is InChI=1S/C36H26N8O8S2/c45-41(46)29-17-5-1-11-23(29)37-27-15-9-21-33(35(27)39-25-13-3-7-19-31(25)43(49)50)53-54-34-22-10-16-28(38-24-12-2-6-18-30(24)42(47)48)36(34)40-26-14-4-8-20-32(26)44(51)52/h1-22,37-40H. The summed E-state index contributed by atoms with van der Waals surface area (Å²) in [4.78, 5) is 46.6. The molecule has 0 heterocycles. The number of nitrogens with one attached hydrogen (secondary N) is 4. The Morgan fingerprint density at radius 2 is 0.593 bits per heavy atom. The van der Waals surface area contributed by atoms with Crippen molar-refractivity contribution in [1.29, 1.82) is 0 Å². The van der Waals surface area contributed by atoms with Crippen LogP contribution in [0.3, 0.4) is 0 Å². The molecule has 0 spiro atoms. The molecule has 6 aromatic rings. The van der Waals surface area contributed by atoms with Gasteiger partial charge in [-0.15, -0.1) is 0 Å². The fourth-order valence-electron chi connectivity index (χ4n) is 5.27.